The van der Waals surface area contributed by atoms with Crippen LogP contribution in [0.25, 0.3) is 0 Å². The summed E-state index contributed by atoms with van der Waals surface area (Å²) in [6, 6.07) is 5.43. The maximum atomic E-state index is 12.6. The largest absolute Gasteiger partial charge is 0.508 e. The first kappa shape index (κ1) is 13.9. The van der Waals surface area contributed by atoms with E-state index in [0.717, 1.165) is 12.1 Å². The lowest BCUT2D eigenvalue weighted by Crippen LogP contribution is -2.48. The fourth-order valence-electron chi connectivity index (χ4n) is 2.89. The molecule has 1 heterocycles. The summed E-state index contributed by atoms with van der Waals surface area (Å²) < 4.78 is 0. The van der Waals surface area contributed by atoms with Crippen LogP contribution >= 0.6 is 0 Å². The van der Waals surface area contributed by atoms with Crippen molar-refractivity contribution in [2.45, 2.75) is 40.2 Å². The number of aryl methyl sites for hydroxylation is 1. The van der Waals surface area contributed by atoms with Gasteiger partial charge < -0.3 is 10.0 Å². The Bertz CT molecular complexity index is 484. The van der Waals surface area contributed by atoms with Crippen molar-refractivity contribution in [3.63, 3.8) is 0 Å². The molecule has 1 aliphatic rings. The number of piperidine rings is 1. The van der Waals surface area contributed by atoms with E-state index in [4.69, 9.17) is 0 Å². The molecule has 1 aromatic carbocycles. The van der Waals surface area contributed by atoms with Gasteiger partial charge in [0.05, 0.1) is 0 Å². The van der Waals surface area contributed by atoms with Gasteiger partial charge >= 0.3 is 0 Å². The van der Waals surface area contributed by atoms with E-state index in [-0.39, 0.29) is 17.7 Å². The van der Waals surface area contributed by atoms with Gasteiger partial charge in [-0.15, -0.1) is 0 Å². The van der Waals surface area contributed by atoms with E-state index < -0.39 is 0 Å². The third-order valence-corrected chi connectivity index (χ3v) is 4.31. The number of amides is 1. The van der Waals surface area contributed by atoms with Gasteiger partial charge in [0.15, 0.2) is 0 Å². The SMILES string of the molecule is Cc1ccc(C(=O)N2CC(C)CC(C)C2C)cc1O. The number of likely N-dealkylation sites (tertiary alicyclic amines) is 1. The van der Waals surface area contributed by atoms with Gasteiger partial charge in [-0.2, -0.15) is 0 Å². The molecule has 0 radical (unpaired) electrons. The molecule has 1 aliphatic heterocycles. The molecule has 2 rings (SSSR count). The van der Waals surface area contributed by atoms with Crippen LogP contribution in [0.3, 0.4) is 0 Å². The van der Waals surface area contributed by atoms with Crippen LogP contribution in [-0.2, 0) is 0 Å². The van der Waals surface area contributed by atoms with Crippen molar-refractivity contribution in [2.24, 2.45) is 11.8 Å². The molecule has 1 N–H and O–H groups in total. The Morgan fingerprint density at radius 2 is 2.00 bits per heavy atom. The van der Waals surface area contributed by atoms with Crippen molar-refractivity contribution in [1.29, 1.82) is 0 Å². The predicted molar refractivity (Wildman–Crippen MR) is 76.3 cm³/mol. The lowest BCUT2D eigenvalue weighted by Gasteiger charge is -2.41. The molecule has 0 aromatic heterocycles. The fraction of sp³-hybridized carbons (Fsp3) is 0.562. The third-order valence-electron chi connectivity index (χ3n) is 4.31. The molecule has 1 amide bonds. The number of rotatable bonds is 1. The van der Waals surface area contributed by atoms with E-state index in [1.807, 2.05) is 11.8 Å². The van der Waals surface area contributed by atoms with Crippen molar-refractivity contribution in [2.75, 3.05) is 6.54 Å². The van der Waals surface area contributed by atoms with Crippen LogP contribution in [0.2, 0.25) is 0 Å². The molecule has 0 saturated carbocycles. The zero-order valence-corrected chi connectivity index (χ0v) is 12.2. The van der Waals surface area contributed by atoms with Gasteiger partial charge in [-0.05, 0) is 49.8 Å². The maximum absolute atomic E-state index is 12.6. The van der Waals surface area contributed by atoms with Gasteiger partial charge in [0, 0.05) is 18.2 Å². The van der Waals surface area contributed by atoms with E-state index in [0.29, 0.717) is 17.4 Å². The van der Waals surface area contributed by atoms with E-state index in [2.05, 4.69) is 20.8 Å². The minimum Gasteiger partial charge on any atom is -0.508 e. The van der Waals surface area contributed by atoms with Crippen LogP contribution in [0.15, 0.2) is 18.2 Å². The normalized spacial score (nSPS) is 27.4. The average molecular weight is 261 g/mol. The highest BCUT2D eigenvalue weighted by Crippen LogP contribution is 2.29. The second kappa shape index (κ2) is 5.24. The molecule has 3 heteroatoms. The second-order valence-electron chi connectivity index (χ2n) is 6.02. The molecule has 0 aliphatic carbocycles. The van der Waals surface area contributed by atoms with Gasteiger partial charge in [0.2, 0.25) is 0 Å². The van der Waals surface area contributed by atoms with Crippen molar-refractivity contribution >= 4 is 5.91 Å². The summed E-state index contributed by atoms with van der Waals surface area (Å²) in [4.78, 5) is 14.5. The summed E-state index contributed by atoms with van der Waals surface area (Å²) in [5.74, 6) is 1.28. The quantitative estimate of drug-likeness (QED) is 0.843. The first-order valence-corrected chi connectivity index (χ1v) is 7.00. The summed E-state index contributed by atoms with van der Waals surface area (Å²) in [7, 11) is 0. The van der Waals surface area contributed by atoms with Crippen molar-refractivity contribution in [1.82, 2.24) is 4.90 Å². The monoisotopic (exact) mass is 261 g/mol. The fourth-order valence-corrected chi connectivity index (χ4v) is 2.89. The highest BCUT2D eigenvalue weighted by atomic mass is 16.3. The third kappa shape index (κ3) is 2.75. The highest BCUT2D eigenvalue weighted by Gasteiger charge is 2.32. The van der Waals surface area contributed by atoms with Crippen LogP contribution in [0.5, 0.6) is 5.75 Å². The van der Waals surface area contributed by atoms with Gasteiger partial charge in [-0.25, -0.2) is 0 Å². The first-order valence-electron chi connectivity index (χ1n) is 7.00. The second-order valence-corrected chi connectivity index (χ2v) is 6.02. The summed E-state index contributed by atoms with van der Waals surface area (Å²) in [5.41, 5.74) is 1.38. The zero-order valence-electron chi connectivity index (χ0n) is 12.2. The highest BCUT2D eigenvalue weighted by molar-refractivity contribution is 5.95. The van der Waals surface area contributed by atoms with Crippen LogP contribution in [0.1, 0.15) is 43.1 Å². The summed E-state index contributed by atoms with van der Waals surface area (Å²) in [6.45, 7) is 9.14. The van der Waals surface area contributed by atoms with Gasteiger partial charge in [-0.1, -0.05) is 19.9 Å². The van der Waals surface area contributed by atoms with E-state index >= 15 is 0 Å². The van der Waals surface area contributed by atoms with Crippen LogP contribution in [-0.4, -0.2) is 28.5 Å². The van der Waals surface area contributed by atoms with Crippen molar-refractivity contribution < 1.29 is 9.90 Å². The maximum Gasteiger partial charge on any atom is 0.254 e. The molecule has 1 aromatic rings. The van der Waals surface area contributed by atoms with Gasteiger partial charge in [-0.3, -0.25) is 4.79 Å². The molecule has 3 unspecified atom stereocenters. The van der Waals surface area contributed by atoms with Crippen molar-refractivity contribution in [3.05, 3.63) is 29.3 Å². The van der Waals surface area contributed by atoms with Crippen LogP contribution in [0.4, 0.5) is 0 Å². The molecule has 0 bridgehead atoms. The Labute approximate surface area is 115 Å². The van der Waals surface area contributed by atoms with Gasteiger partial charge in [0.25, 0.3) is 5.91 Å². The van der Waals surface area contributed by atoms with E-state index in [1.54, 1.807) is 18.2 Å². The lowest BCUT2D eigenvalue weighted by atomic mass is 9.85. The number of benzene rings is 1. The predicted octanol–water partition coefficient (Wildman–Crippen LogP) is 3.21. The molecule has 0 spiro atoms. The van der Waals surface area contributed by atoms with Crippen molar-refractivity contribution in [3.8, 4) is 5.75 Å². The van der Waals surface area contributed by atoms with Gasteiger partial charge in [0.1, 0.15) is 5.75 Å². The van der Waals surface area contributed by atoms with E-state index in [9.17, 15) is 9.90 Å². The number of phenolic OH excluding ortho intramolecular Hbond substituents is 1. The first-order chi connectivity index (χ1) is 8.90. The summed E-state index contributed by atoms with van der Waals surface area (Å²) in [6.07, 6.45) is 1.17. The Morgan fingerprint density at radius 1 is 1.32 bits per heavy atom. The number of hydrogen-bond acceptors (Lipinski definition) is 2. The Balaban J connectivity index is 2.24. The molecule has 1 saturated heterocycles. The smallest absolute Gasteiger partial charge is 0.254 e. The number of carbonyl (C=O) groups excluding carboxylic acids is 1. The number of phenols is 1. The topological polar surface area (TPSA) is 40.5 Å². The lowest BCUT2D eigenvalue weighted by molar-refractivity contribution is 0.0455. The number of carbonyl (C=O) groups is 1. The minimum absolute atomic E-state index is 0.0289. The molecule has 19 heavy (non-hydrogen) atoms. The summed E-state index contributed by atoms with van der Waals surface area (Å²) in [5, 5.41) is 9.75. The number of nitrogens with zero attached hydrogens (tertiary/aromatic N) is 1. The zero-order chi connectivity index (χ0) is 14.2. The van der Waals surface area contributed by atoms with Crippen LogP contribution < -0.4 is 0 Å². The number of aromatic hydroxyl groups is 1. The molecule has 3 atom stereocenters. The van der Waals surface area contributed by atoms with E-state index in [1.165, 1.54) is 6.42 Å². The summed E-state index contributed by atoms with van der Waals surface area (Å²) >= 11 is 0. The standard InChI is InChI=1S/C16H23NO2/c1-10-7-12(3)13(4)17(9-10)16(19)14-6-5-11(2)15(18)8-14/h5-6,8,10,12-13,18H,7,9H2,1-4H3. The number of hydrogen-bond donors (Lipinski definition) is 1. The molecular weight excluding hydrogens is 238 g/mol. The molecule has 3 nitrogen and oxygen atoms in total. The van der Waals surface area contributed by atoms with Crippen LogP contribution in [0, 0.1) is 18.8 Å². The molecule has 1 fully saturated rings. The Morgan fingerprint density at radius 3 is 2.63 bits per heavy atom. The molecular formula is C16H23NO2. The minimum atomic E-state index is 0.0289. The Hall–Kier alpha value is -1.51. The Kier molecular flexibility index (Phi) is 3.83. The average Bonchev–Trinajstić information content (AvgIpc) is 2.36. The molecule has 104 valence electrons.